The molecule has 0 bridgehead atoms. The molecule has 0 fully saturated rings. The summed E-state index contributed by atoms with van der Waals surface area (Å²) in [4.78, 5) is 3.27. The van der Waals surface area contributed by atoms with Gasteiger partial charge < -0.3 is 0 Å². The van der Waals surface area contributed by atoms with E-state index in [2.05, 4.69) is 4.98 Å². The molecule has 0 spiro atoms. The van der Waals surface area contributed by atoms with Gasteiger partial charge in [0.15, 0.2) is 5.03 Å². The molecule has 0 saturated carbocycles. The van der Waals surface area contributed by atoms with Crippen molar-refractivity contribution in [2.24, 2.45) is 0 Å². The van der Waals surface area contributed by atoms with Crippen molar-refractivity contribution >= 4 is 19.7 Å². The highest BCUT2D eigenvalue weighted by molar-refractivity contribution is 8.13. The van der Waals surface area contributed by atoms with E-state index in [1.807, 2.05) is 0 Å². The van der Waals surface area contributed by atoms with Gasteiger partial charge in [-0.25, -0.2) is 22.2 Å². The Labute approximate surface area is 77.8 Å². The Kier molecular flexibility index (Phi) is 2.82. The molecule has 0 amide bonds. The van der Waals surface area contributed by atoms with Gasteiger partial charge in [-0.1, -0.05) is 0 Å². The fourth-order valence-electron chi connectivity index (χ4n) is 0.665. The van der Waals surface area contributed by atoms with E-state index in [1.54, 1.807) is 0 Å². The van der Waals surface area contributed by atoms with Gasteiger partial charge in [-0.05, 0) is 12.1 Å². The monoisotopic (exact) mass is 227 g/mol. The molecule has 0 aliphatic rings. The number of pyridine rings is 1. The number of hydrogen-bond donors (Lipinski definition) is 0. The average molecular weight is 228 g/mol. The van der Waals surface area contributed by atoms with Gasteiger partial charge in [-0.15, -0.1) is 0 Å². The molecule has 0 unspecified atom stereocenters. The van der Waals surface area contributed by atoms with E-state index in [0.29, 0.717) is 0 Å². The second-order valence-electron chi connectivity index (χ2n) is 2.17. The summed E-state index contributed by atoms with van der Waals surface area (Å²) in [6, 6.07) is 1.90. The lowest BCUT2D eigenvalue weighted by Crippen LogP contribution is -1.95. The number of rotatable bonds is 2. The van der Waals surface area contributed by atoms with E-state index in [-0.39, 0.29) is 5.56 Å². The second kappa shape index (κ2) is 3.55. The summed E-state index contributed by atoms with van der Waals surface area (Å²) in [6.45, 7) is 0. The first-order chi connectivity index (χ1) is 5.91. The van der Waals surface area contributed by atoms with Gasteiger partial charge in [-0.3, -0.25) is 0 Å². The Morgan fingerprint density at radius 3 is 2.31 bits per heavy atom. The molecule has 0 saturated heterocycles. The van der Waals surface area contributed by atoms with Crippen molar-refractivity contribution < 1.29 is 17.2 Å². The van der Waals surface area contributed by atoms with Crippen molar-refractivity contribution in [1.82, 2.24) is 4.98 Å². The van der Waals surface area contributed by atoms with Crippen molar-refractivity contribution in [2.75, 3.05) is 0 Å². The van der Waals surface area contributed by atoms with E-state index >= 15 is 0 Å². The molecule has 1 aromatic rings. The summed E-state index contributed by atoms with van der Waals surface area (Å²) < 4.78 is 45.2. The number of nitrogens with zero attached hydrogens (tertiary/aromatic N) is 1. The predicted octanol–water partition coefficient (Wildman–Crippen LogP) is 1.95. The van der Waals surface area contributed by atoms with E-state index in [4.69, 9.17) is 10.7 Å². The second-order valence-corrected chi connectivity index (χ2v) is 4.68. The first kappa shape index (κ1) is 10.3. The summed E-state index contributed by atoms with van der Waals surface area (Å²) in [6.07, 6.45) is -1.89. The first-order valence-electron chi connectivity index (χ1n) is 3.10. The Balaban J connectivity index is 3.08. The Bertz CT molecular complexity index is 390. The molecular formula is C6H4ClF2NO2S. The normalized spacial score (nSPS) is 12.0. The molecular weight excluding hydrogens is 224 g/mol. The van der Waals surface area contributed by atoms with Gasteiger partial charge in [0.2, 0.25) is 0 Å². The highest BCUT2D eigenvalue weighted by atomic mass is 35.7. The van der Waals surface area contributed by atoms with Crippen LogP contribution in [0, 0.1) is 0 Å². The Morgan fingerprint density at radius 2 is 2.00 bits per heavy atom. The molecule has 72 valence electrons. The molecule has 0 N–H and O–H groups in total. The topological polar surface area (TPSA) is 47.0 Å². The van der Waals surface area contributed by atoms with Crippen LogP contribution in [0.5, 0.6) is 0 Å². The van der Waals surface area contributed by atoms with E-state index < -0.39 is 20.5 Å². The SMILES string of the molecule is O=S(=O)(Cl)c1ccc(C(F)F)cn1. The molecule has 1 rings (SSSR count). The van der Waals surface area contributed by atoms with E-state index in [1.165, 1.54) is 0 Å². The number of hydrogen-bond acceptors (Lipinski definition) is 3. The predicted molar refractivity (Wildman–Crippen MR) is 42.2 cm³/mol. The summed E-state index contributed by atoms with van der Waals surface area (Å²) >= 11 is 0. The maximum atomic E-state index is 12.0. The number of alkyl halides is 2. The van der Waals surface area contributed by atoms with E-state index in [9.17, 15) is 17.2 Å². The molecule has 0 aliphatic heterocycles. The molecule has 1 aromatic heterocycles. The number of aromatic nitrogens is 1. The average Bonchev–Trinajstić information content (AvgIpc) is 2.03. The third kappa shape index (κ3) is 2.60. The van der Waals surface area contributed by atoms with Crippen LogP contribution < -0.4 is 0 Å². The smallest absolute Gasteiger partial charge is 0.243 e. The van der Waals surface area contributed by atoms with Gasteiger partial charge in [0, 0.05) is 22.4 Å². The summed E-state index contributed by atoms with van der Waals surface area (Å²) in [5.41, 5.74) is -0.343. The fourth-order valence-corrected chi connectivity index (χ4v) is 1.35. The zero-order valence-electron chi connectivity index (χ0n) is 6.12. The van der Waals surface area contributed by atoms with Crippen molar-refractivity contribution in [3.63, 3.8) is 0 Å². The summed E-state index contributed by atoms with van der Waals surface area (Å²) in [7, 11) is 0.984. The van der Waals surface area contributed by atoms with Crippen molar-refractivity contribution in [3.05, 3.63) is 23.9 Å². The van der Waals surface area contributed by atoms with Crippen LogP contribution in [-0.4, -0.2) is 13.4 Å². The van der Waals surface area contributed by atoms with Gasteiger partial charge in [0.1, 0.15) is 0 Å². The van der Waals surface area contributed by atoms with Crippen LogP contribution in [0.2, 0.25) is 0 Å². The standard InChI is InChI=1S/C6H4ClF2NO2S/c7-13(11,12)5-2-1-4(3-10-5)6(8)9/h1-3,6H. The highest BCUT2D eigenvalue weighted by Gasteiger charge is 2.13. The Hall–Kier alpha value is -0.750. The minimum absolute atomic E-state index is 0.343. The third-order valence-corrected chi connectivity index (χ3v) is 2.48. The molecule has 1 heterocycles. The largest absolute Gasteiger partial charge is 0.278 e. The van der Waals surface area contributed by atoms with Crippen molar-refractivity contribution in [2.45, 2.75) is 11.5 Å². The van der Waals surface area contributed by atoms with Crippen LogP contribution in [0.4, 0.5) is 8.78 Å². The van der Waals surface area contributed by atoms with Gasteiger partial charge >= 0.3 is 0 Å². The third-order valence-electron chi connectivity index (χ3n) is 1.26. The van der Waals surface area contributed by atoms with Crippen LogP contribution in [0.15, 0.2) is 23.4 Å². The highest BCUT2D eigenvalue weighted by Crippen LogP contribution is 2.19. The molecule has 0 atom stereocenters. The van der Waals surface area contributed by atoms with Crippen molar-refractivity contribution in [1.29, 1.82) is 0 Å². The van der Waals surface area contributed by atoms with Gasteiger partial charge in [0.25, 0.3) is 15.5 Å². The summed E-state index contributed by atoms with van der Waals surface area (Å²) in [5, 5.41) is -0.432. The minimum atomic E-state index is -3.93. The minimum Gasteiger partial charge on any atom is -0.243 e. The molecule has 0 aromatic carbocycles. The van der Waals surface area contributed by atoms with Crippen LogP contribution in [-0.2, 0) is 9.05 Å². The maximum Gasteiger partial charge on any atom is 0.278 e. The quantitative estimate of drug-likeness (QED) is 0.726. The van der Waals surface area contributed by atoms with E-state index in [0.717, 1.165) is 18.3 Å². The first-order valence-corrected chi connectivity index (χ1v) is 5.41. The van der Waals surface area contributed by atoms with Crippen LogP contribution in [0.25, 0.3) is 0 Å². The molecule has 0 aliphatic carbocycles. The van der Waals surface area contributed by atoms with Crippen molar-refractivity contribution in [3.8, 4) is 0 Å². The molecule has 0 radical (unpaired) electrons. The molecule has 3 nitrogen and oxygen atoms in total. The van der Waals surface area contributed by atoms with Gasteiger partial charge in [0.05, 0.1) is 0 Å². The number of halogens is 3. The fraction of sp³-hybridized carbons (Fsp3) is 0.167. The Morgan fingerprint density at radius 1 is 1.38 bits per heavy atom. The van der Waals surface area contributed by atoms with Crippen LogP contribution in [0.3, 0.4) is 0 Å². The lowest BCUT2D eigenvalue weighted by molar-refractivity contribution is 0.151. The lowest BCUT2D eigenvalue weighted by atomic mass is 10.3. The molecule has 13 heavy (non-hydrogen) atoms. The summed E-state index contributed by atoms with van der Waals surface area (Å²) in [5.74, 6) is 0. The zero-order valence-corrected chi connectivity index (χ0v) is 7.69. The molecule has 7 heteroatoms. The maximum absolute atomic E-state index is 12.0. The lowest BCUT2D eigenvalue weighted by Gasteiger charge is -1.98. The van der Waals surface area contributed by atoms with Gasteiger partial charge in [-0.2, -0.15) is 0 Å². The van der Waals surface area contributed by atoms with Crippen LogP contribution in [0.1, 0.15) is 12.0 Å². The van der Waals surface area contributed by atoms with Crippen LogP contribution >= 0.6 is 10.7 Å². The zero-order chi connectivity index (χ0) is 10.1.